The fourth-order valence-electron chi connectivity index (χ4n) is 3.46. The van der Waals surface area contributed by atoms with Gasteiger partial charge in [0.25, 0.3) is 20.2 Å². The minimum Gasteiger partial charge on any atom is -0.270 e. The Balaban J connectivity index is 1.83. The van der Waals surface area contributed by atoms with Crippen molar-refractivity contribution in [3.63, 3.8) is 0 Å². The van der Waals surface area contributed by atoms with E-state index in [-0.39, 0.29) is 42.0 Å². The summed E-state index contributed by atoms with van der Waals surface area (Å²) < 4.78 is 55.2. The molecule has 0 aromatic heterocycles. The molecular weight excluding hydrogens is 280 g/mol. The van der Waals surface area contributed by atoms with Crippen molar-refractivity contribution in [1.29, 1.82) is 0 Å². The smallest absolute Gasteiger partial charge is 0.267 e. The summed E-state index contributed by atoms with van der Waals surface area (Å²) in [6.07, 6.45) is 2.77. The molecule has 1 saturated carbocycles. The zero-order valence-corrected chi connectivity index (χ0v) is 11.5. The van der Waals surface area contributed by atoms with E-state index in [0.29, 0.717) is 0 Å². The lowest BCUT2D eigenvalue weighted by Crippen LogP contribution is -2.47. The largest absolute Gasteiger partial charge is 0.270 e. The van der Waals surface area contributed by atoms with Crippen molar-refractivity contribution in [1.82, 2.24) is 0 Å². The van der Waals surface area contributed by atoms with Crippen LogP contribution in [0, 0.1) is 17.3 Å². The Morgan fingerprint density at radius 1 is 0.833 bits per heavy atom. The molecule has 6 nitrogen and oxygen atoms in total. The van der Waals surface area contributed by atoms with Crippen LogP contribution >= 0.6 is 0 Å². The first kappa shape index (κ1) is 12.8. The van der Waals surface area contributed by atoms with Gasteiger partial charge < -0.3 is 0 Å². The van der Waals surface area contributed by atoms with Gasteiger partial charge in [-0.25, -0.2) is 0 Å². The van der Waals surface area contributed by atoms with Gasteiger partial charge in [0.15, 0.2) is 0 Å². The van der Waals surface area contributed by atoms with E-state index in [0.717, 1.165) is 19.3 Å². The number of hydrogen-bond acceptors (Lipinski definition) is 6. The predicted molar refractivity (Wildman–Crippen MR) is 62.7 cm³/mol. The third-order valence-corrected chi connectivity index (χ3v) is 7.23. The van der Waals surface area contributed by atoms with Crippen LogP contribution in [0.5, 0.6) is 0 Å². The molecule has 2 unspecified atom stereocenters. The van der Waals surface area contributed by atoms with Crippen LogP contribution in [0.3, 0.4) is 0 Å². The Morgan fingerprint density at radius 2 is 1.28 bits per heavy atom. The lowest BCUT2D eigenvalue weighted by Gasteiger charge is -2.49. The first-order chi connectivity index (χ1) is 8.33. The van der Waals surface area contributed by atoms with Crippen molar-refractivity contribution in [2.24, 2.45) is 17.3 Å². The highest BCUT2D eigenvalue weighted by Gasteiger charge is 2.56. The summed E-state index contributed by atoms with van der Waals surface area (Å²) in [6, 6.07) is 0. The molecule has 3 fully saturated rings. The monoisotopic (exact) mass is 296 g/mol. The summed E-state index contributed by atoms with van der Waals surface area (Å²) >= 11 is 0. The zero-order chi connectivity index (χ0) is 13.0. The summed E-state index contributed by atoms with van der Waals surface area (Å²) in [5.41, 5.74) is -0.215. The Labute approximate surface area is 107 Å². The average molecular weight is 296 g/mol. The molecule has 1 aliphatic carbocycles. The molecule has 0 aromatic carbocycles. The molecule has 2 aliphatic heterocycles. The van der Waals surface area contributed by atoms with Crippen LogP contribution in [0.1, 0.15) is 19.3 Å². The van der Waals surface area contributed by atoms with Crippen LogP contribution < -0.4 is 0 Å². The molecule has 3 rings (SSSR count). The van der Waals surface area contributed by atoms with Crippen molar-refractivity contribution < 1.29 is 25.2 Å². The van der Waals surface area contributed by atoms with Gasteiger partial charge in [-0.1, -0.05) is 6.42 Å². The van der Waals surface area contributed by atoms with E-state index in [1.807, 2.05) is 0 Å². The van der Waals surface area contributed by atoms with Crippen LogP contribution in [-0.2, 0) is 28.6 Å². The Bertz CT molecular complexity index is 499. The highest BCUT2D eigenvalue weighted by molar-refractivity contribution is 7.87. The molecule has 104 valence electrons. The highest BCUT2D eigenvalue weighted by atomic mass is 32.2. The van der Waals surface area contributed by atoms with Crippen molar-refractivity contribution in [3.05, 3.63) is 0 Å². The van der Waals surface area contributed by atoms with Crippen LogP contribution in [0.4, 0.5) is 0 Å². The quantitative estimate of drug-likeness (QED) is 0.672. The Morgan fingerprint density at radius 3 is 1.50 bits per heavy atom. The first-order valence-electron chi connectivity index (χ1n) is 6.07. The lowest BCUT2D eigenvalue weighted by atomic mass is 9.55. The summed E-state index contributed by atoms with van der Waals surface area (Å²) in [4.78, 5) is 0. The van der Waals surface area contributed by atoms with Crippen molar-refractivity contribution in [2.75, 3.05) is 24.7 Å². The molecule has 0 bridgehead atoms. The maximum Gasteiger partial charge on any atom is 0.267 e. The van der Waals surface area contributed by atoms with Gasteiger partial charge in [-0.2, -0.15) is 16.8 Å². The van der Waals surface area contributed by atoms with Crippen LogP contribution in [0.25, 0.3) is 0 Å². The van der Waals surface area contributed by atoms with Crippen LogP contribution in [0.2, 0.25) is 0 Å². The molecule has 2 atom stereocenters. The summed E-state index contributed by atoms with van der Waals surface area (Å²) in [5, 5.41) is 0. The van der Waals surface area contributed by atoms with E-state index in [1.165, 1.54) is 0 Å². The third kappa shape index (κ3) is 1.99. The molecule has 2 saturated heterocycles. The minimum atomic E-state index is -3.40. The summed E-state index contributed by atoms with van der Waals surface area (Å²) in [6.45, 7) is 0.387. The lowest BCUT2D eigenvalue weighted by molar-refractivity contribution is -0.0155. The molecule has 0 amide bonds. The van der Waals surface area contributed by atoms with Crippen molar-refractivity contribution >= 4 is 20.2 Å². The van der Waals surface area contributed by atoms with E-state index in [2.05, 4.69) is 0 Å². The number of hydrogen-bond donors (Lipinski definition) is 0. The second-order valence-corrected chi connectivity index (χ2v) is 8.87. The SMILES string of the molecule is O=S1(=O)CC(C2(C3COS(=O)(=O)C3)CCC2)CO1. The van der Waals surface area contributed by atoms with Gasteiger partial charge in [-0.3, -0.25) is 8.37 Å². The molecule has 18 heavy (non-hydrogen) atoms. The van der Waals surface area contributed by atoms with Crippen LogP contribution in [-0.4, -0.2) is 41.6 Å². The molecule has 0 aromatic rings. The van der Waals surface area contributed by atoms with Gasteiger partial charge in [0.05, 0.1) is 24.7 Å². The summed E-state index contributed by atoms with van der Waals surface area (Å²) in [5.74, 6) is -0.135. The van der Waals surface area contributed by atoms with Crippen molar-refractivity contribution in [3.8, 4) is 0 Å². The van der Waals surface area contributed by atoms with E-state index in [9.17, 15) is 16.8 Å². The summed E-state index contributed by atoms with van der Waals surface area (Å²) in [7, 11) is -6.81. The third-order valence-electron chi connectivity index (χ3n) is 4.62. The second-order valence-electron chi connectivity index (χ2n) is 5.50. The molecule has 2 heterocycles. The zero-order valence-electron chi connectivity index (χ0n) is 9.87. The van der Waals surface area contributed by atoms with Gasteiger partial charge in [-0.05, 0) is 18.3 Å². The van der Waals surface area contributed by atoms with Gasteiger partial charge in [0.1, 0.15) is 0 Å². The molecule has 3 aliphatic rings. The Kier molecular flexibility index (Phi) is 2.79. The molecular formula is C10H16O6S2. The molecule has 8 heteroatoms. The van der Waals surface area contributed by atoms with E-state index in [4.69, 9.17) is 8.37 Å². The van der Waals surface area contributed by atoms with Gasteiger partial charge in [-0.15, -0.1) is 0 Å². The average Bonchev–Trinajstić information content (AvgIpc) is 2.69. The normalized spacial score (nSPS) is 40.4. The second kappa shape index (κ2) is 3.91. The number of rotatable bonds is 2. The van der Waals surface area contributed by atoms with Gasteiger partial charge in [0.2, 0.25) is 0 Å². The maximum atomic E-state index is 11.4. The fourth-order valence-corrected chi connectivity index (χ4v) is 6.23. The minimum absolute atomic E-state index is 0.0174. The van der Waals surface area contributed by atoms with E-state index in [1.54, 1.807) is 0 Å². The first-order valence-corrected chi connectivity index (χ1v) is 9.23. The van der Waals surface area contributed by atoms with Gasteiger partial charge in [0, 0.05) is 11.8 Å². The van der Waals surface area contributed by atoms with E-state index >= 15 is 0 Å². The topological polar surface area (TPSA) is 86.7 Å². The Hall–Kier alpha value is -0.180. The molecule has 0 N–H and O–H groups in total. The predicted octanol–water partition coefficient (Wildman–Crippen LogP) is 0.109. The molecule has 0 radical (unpaired) electrons. The van der Waals surface area contributed by atoms with Gasteiger partial charge >= 0.3 is 0 Å². The van der Waals surface area contributed by atoms with Crippen LogP contribution in [0.15, 0.2) is 0 Å². The maximum absolute atomic E-state index is 11.4. The van der Waals surface area contributed by atoms with E-state index < -0.39 is 20.2 Å². The van der Waals surface area contributed by atoms with Crippen molar-refractivity contribution in [2.45, 2.75) is 19.3 Å². The fraction of sp³-hybridized carbons (Fsp3) is 1.00. The highest BCUT2D eigenvalue weighted by Crippen LogP contribution is 2.56. The molecule has 0 spiro atoms. The standard InChI is InChI=1S/C10H16O6S2/c11-17(12)6-8(4-15-17)10(2-1-3-10)9-5-16-18(13,14)7-9/h8-9H,1-7H2.